The van der Waals surface area contributed by atoms with Crippen molar-refractivity contribution in [2.24, 2.45) is 0 Å². The van der Waals surface area contributed by atoms with Crippen LogP contribution in [-0.4, -0.2) is 17.8 Å². The first kappa shape index (κ1) is 30.3. The Kier molecular flexibility index (Phi) is 11.7. The molecule has 0 fully saturated rings. The van der Waals surface area contributed by atoms with Gasteiger partial charge in [0.25, 0.3) is 0 Å². The predicted octanol–water partition coefficient (Wildman–Crippen LogP) is 8.82. The number of aromatic hydroxyl groups is 1. The Bertz CT molecular complexity index is 1290. The summed E-state index contributed by atoms with van der Waals surface area (Å²) in [6.45, 7) is 18.5. The molecule has 2 N–H and O–H groups in total. The second-order valence-corrected chi connectivity index (χ2v) is 8.57. The minimum Gasteiger partial charge on any atom is -0.508 e. The normalized spacial score (nSPS) is 11.4. The highest BCUT2D eigenvalue weighted by Crippen LogP contribution is 2.40. The van der Waals surface area contributed by atoms with Crippen molar-refractivity contribution in [3.8, 4) is 17.2 Å². The summed E-state index contributed by atoms with van der Waals surface area (Å²) in [7, 11) is 0. The third-order valence-electron chi connectivity index (χ3n) is 5.65. The van der Waals surface area contributed by atoms with E-state index in [1.54, 1.807) is 36.4 Å². The molecule has 5 nitrogen and oxygen atoms in total. The maximum absolute atomic E-state index is 10.9. The molecule has 1 aliphatic heterocycles. The number of carbonyl (C=O) groups is 1. The Hall–Kier alpha value is -3.96. The number of phenols is 1. The van der Waals surface area contributed by atoms with Crippen LogP contribution in [0.2, 0.25) is 5.02 Å². The predicted molar refractivity (Wildman–Crippen MR) is 159 cm³/mol. The van der Waals surface area contributed by atoms with Gasteiger partial charge in [0, 0.05) is 17.1 Å². The Morgan fingerprint density at radius 3 is 2.13 bits per heavy atom. The molecule has 200 valence electrons. The number of aryl methyl sites for hydroxylation is 1. The smallest absolute Gasteiger partial charge is 0.231 e. The van der Waals surface area contributed by atoms with Crippen LogP contribution in [0.1, 0.15) is 50.8 Å². The van der Waals surface area contributed by atoms with Gasteiger partial charge in [-0.1, -0.05) is 63.7 Å². The van der Waals surface area contributed by atoms with Gasteiger partial charge in [0.1, 0.15) is 5.75 Å². The highest BCUT2D eigenvalue weighted by atomic mass is 35.5. The van der Waals surface area contributed by atoms with E-state index in [-0.39, 0.29) is 18.4 Å². The molecule has 3 aromatic carbocycles. The lowest BCUT2D eigenvalue weighted by molar-refractivity contribution is -0.115. The van der Waals surface area contributed by atoms with Crippen molar-refractivity contribution in [3.63, 3.8) is 0 Å². The van der Waals surface area contributed by atoms with Crippen LogP contribution >= 0.6 is 11.6 Å². The van der Waals surface area contributed by atoms with Crippen molar-refractivity contribution in [2.75, 3.05) is 12.1 Å². The van der Waals surface area contributed by atoms with Crippen molar-refractivity contribution in [1.29, 1.82) is 0 Å². The van der Waals surface area contributed by atoms with Crippen LogP contribution in [0.15, 0.2) is 85.5 Å². The first-order valence-corrected chi connectivity index (χ1v) is 12.9. The second-order valence-electron chi connectivity index (χ2n) is 8.14. The van der Waals surface area contributed by atoms with E-state index in [1.165, 1.54) is 0 Å². The van der Waals surface area contributed by atoms with Gasteiger partial charge in [-0.3, -0.25) is 4.79 Å². The summed E-state index contributed by atoms with van der Waals surface area (Å²) in [6, 6.07) is 18.0. The average Bonchev–Trinajstić information content (AvgIpc) is 3.39. The van der Waals surface area contributed by atoms with Crippen molar-refractivity contribution in [2.45, 2.75) is 41.0 Å². The van der Waals surface area contributed by atoms with Crippen molar-refractivity contribution in [1.82, 2.24) is 0 Å². The van der Waals surface area contributed by atoms with Gasteiger partial charge in [-0.2, -0.15) is 0 Å². The number of nitrogens with one attached hydrogen (secondary N) is 1. The van der Waals surface area contributed by atoms with Gasteiger partial charge in [-0.05, 0) is 95.8 Å². The number of ether oxygens (including phenoxy) is 2. The van der Waals surface area contributed by atoms with Gasteiger partial charge in [0.2, 0.25) is 12.7 Å². The highest BCUT2D eigenvalue weighted by Gasteiger charge is 2.19. The van der Waals surface area contributed by atoms with Crippen LogP contribution in [0.5, 0.6) is 17.2 Å². The average molecular weight is 534 g/mol. The molecule has 38 heavy (non-hydrogen) atoms. The van der Waals surface area contributed by atoms with Gasteiger partial charge in [-0.25, -0.2) is 0 Å². The SMILES string of the molecule is C=C(/C(=C/C)C(=C)c1cc2c(cc1C)OCO2)c1ccc(O)cc1.CC.CCC(=O)Nc1ccc(Cl)cc1. The first-order chi connectivity index (χ1) is 18.2. The zero-order valence-corrected chi connectivity index (χ0v) is 23.5. The monoisotopic (exact) mass is 533 g/mol. The molecule has 0 unspecified atom stereocenters. The molecule has 1 amide bonds. The number of fused-ring (bicyclic) bond motifs is 1. The molecule has 0 spiro atoms. The fourth-order valence-corrected chi connectivity index (χ4v) is 3.77. The molecule has 1 aliphatic rings. The molecule has 0 saturated heterocycles. The van der Waals surface area contributed by atoms with Gasteiger partial charge >= 0.3 is 0 Å². The number of benzene rings is 3. The number of hydrogen-bond donors (Lipinski definition) is 2. The quantitative estimate of drug-likeness (QED) is 0.310. The third-order valence-corrected chi connectivity index (χ3v) is 5.90. The molecule has 0 saturated carbocycles. The Morgan fingerprint density at radius 2 is 1.58 bits per heavy atom. The van der Waals surface area contributed by atoms with Gasteiger partial charge in [0.05, 0.1) is 0 Å². The molecule has 1 heterocycles. The zero-order chi connectivity index (χ0) is 28.2. The number of anilines is 1. The standard InChI is InChI=1S/C21H20O3.C9H10ClNO.C2H6/c1-5-18(14(3)16-6-8-17(22)9-7-16)15(4)19-11-21-20(10-13(19)2)23-12-24-21;1-2-9(12)11-8-5-3-7(10)4-6-8;1-2/h5-11,22H,3-4,12H2,1-2H3;3-6H,2H2,1H3,(H,11,12);1-2H3/b18-5-;;. The Morgan fingerprint density at radius 1 is 1.00 bits per heavy atom. The third kappa shape index (κ3) is 8.02. The van der Waals surface area contributed by atoms with E-state index in [0.29, 0.717) is 11.4 Å². The minimum atomic E-state index is 0.0114. The number of hydrogen-bond acceptors (Lipinski definition) is 4. The van der Waals surface area contributed by atoms with Crippen LogP contribution in [0.3, 0.4) is 0 Å². The highest BCUT2D eigenvalue weighted by molar-refractivity contribution is 6.30. The molecular formula is C32H36ClNO4. The van der Waals surface area contributed by atoms with E-state index in [0.717, 1.165) is 50.6 Å². The van der Waals surface area contributed by atoms with Gasteiger partial charge in [-0.15, -0.1) is 0 Å². The van der Waals surface area contributed by atoms with Crippen molar-refractivity contribution in [3.05, 3.63) is 107 Å². The summed E-state index contributed by atoms with van der Waals surface area (Å²) in [5, 5.41) is 12.9. The summed E-state index contributed by atoms with van der Waals surface area (Å²) < 4.78 is 10.9. The van der Waals surface area contributed by atoms with Gasteiger partial charge < -0.3 is 19.9 Å². The Labute approximate surface area is 231 Å². The molecule has 0 aromatic heterocycles. The molecule has 6 heteroatoms. The number of phenolic OH excluding ortho intramolecular Hbond substituents is 1. The van der Waals surface area contributed by atoms with E-state index in [2.05, 4.69) is 18.5 Å². The van der Waals surface area contributed by atoms with E-state index in [4.69, 9.17) is 21.1 Å². The lowest BCUT2D eigenvalue weighted by Crippen LogP contribution is -2.08. The van der Waals surface area contributed by atoms with E-state index in [1.807, 2.05) is 65.0 Å². The molecule has 4 rings (SSSR count). The minimum absolute atomic E-state index is 0.0114. The maximum Gasteiger partial charge on any atom is 0.231 e. The van der Waals surface area contributed by atoms with Crippen LogP contribution in [0.25, 0.3) is 11.1 Å². The lowest BCUT2D eigenvalue weighted by atomic mass is 9.88. The second kappa shape index (κ2) is 14.7. The van der Waals surface area contributed by atoms with Crippen LogP contribution in [0, 0.1) is 6.92 Å². The van der Waals surface area contributed by atoms with E-state index >= 15 is 0 Å². The summed E-state index contributed by atoms with van der Waals surface area (Å²) in [4.78, 5) is 10.9. The Balaban J connectivity index is 0.000000305. The number of halogens is 1. The molecular weight excluding hydrogens is 498 g/mol. The van der Waals surface area contributed by atoms with Gasteiger partial charge in [0.15, 0.2) is 11.5 Å². The fraction of sp³-hybridized carbons (Fsp3) is 0.219. The largest absolute Gasteiger partial charge is 0.508 e. The first-order valence-electron chi connectivity index (χ1n) is 12.5. The molecule has 0 atom stereocenters. The zero-order valence-electron chi connectivity index (χ0n) is 22.7. The molecule has 0 bridgehead atoms. The molecule has 3 aromatic rings. The van der Waals surface area contributed by atoms with Crippen LogP contribution in [0.4, 0.5) is 5.69 Å². The van der Waals surface area contributed by atoms with E-state index in [9.17, 15) is 9.90 Å². The van der Waals surface area contributed by atoms with Crippen LogP contribution in [-0.2, 0) is 4.79 Å². The summed E-state index contributed by atoms with van der Waals surface area (Å²) in [5.41, 5.74) is 6.51. The molecule has 0 radical (unpaired) electrons. The summed E-state index contributed by atoms with van der Waals surface area (Å²) in [6.07, 6.45) is 2.49. The lowest BCUT2D eigenvalue weighted by Gasteiger charge is -2.16. The van der Waals surface area contributed by atoms with Crippen molar-refractivity contribution >= 4 is 34.3 Å². The number of rotatable bonds is 6. The fourth-order valence-electron chi connectivity index (χ4n) is 3.65. The maximum atomic E-state index is 10.9. The number of carbonyl (C=O) groups excluding carboxylic acids is 1. The summed E-state index contributed by atoms with van der Waals surface area (Å²) >= 11 is 5.67. The number of amides is 1. The number of allylic oxidation sites excluding steroid dienone is 4. The van der Waals surface area contributed by atoms with Crippen LogP contribution < -0.4 is 14.8 Å². The van der Waals surface area contributed by atoms with E-state index < -0.39 is 0 Å². The topological polar surface area (TPSA) is 67.8 Å². The van der Waals surface area contributed by atoms with Crippen molar-refractivity contribution < 1.29 is 19.4 Å². The molecule has 0 aliphatic carbocycles. The summed E-state index contributed by atoms with van der Waals surface area (Å²) in [5.74, 6) is 1.75.